The van der Waals surface area contributed by atoms with E-state index in [1.54, 1.807) is 10.9 Å². The fourth-order valence-corrected chi connectivity index (χ4v) is 6.81. The van der Waals surface area contributed by atoms with Crippen LogP contribution in [-0.4, -0.2) is 80.6 Å². The van der Waals surface area contributed by atoms with Gasteiger partial charge in [0.25, 0.3) is 11.8 Å². The van der Waals surface area contributed by atoms with Gasteiger partial charge in [0.05, 0.1) is 6.20 Å². The molecule has 3 aliphatic rings. The molecule has 2 amide bonds. The van der Waals surface area contributed by atoms with E-state index in [0.717, 1.165) is 40.1 Å². The highest BCUT2D eigenvalue weighted by atomic mass is 32.1. The molecule has 1 spiro atoms. The Morgan fingerprint density at radius 2 is 1.67 bits per heavy atom. The van der Waals surface area contributed by atoms with Gasteiger partial charge in [-0.2, -0.15) is 5.10 Å². The number of aliphatic imine (C=N–C) groups is 1. The predicted octanol–water partition coefficient (Wildman–Crippen LogP) is 4.51. The number of hydrogen-bond donors (Lipinski definition) is 0. The highest BCUT2D eigenvalue weighted by Crippen LogP contribution is 2.36. The van der Waals surface area contributed by atoms with Crippen LogP contribution >= 0.6 is 11.3 Å². The third kappa shape index (κ3) is 4.94. The van der Waals surface area contributed by atoms with Gasteiger partial charge in [-0.15, -0.1) is 11.3 Å². The lowest BCUT2D eigenvalue weighted by atomic mass is 9.90. The first-order chi connectivity index (χ1) is 20.5. The number of nitrogens with zero attached hydrogens (tertiary/aromatic N) is 6. The Balaban J connectivity index is 1.11. The first-order valence-electron chi connectivity index (χ1n) is 14.4. The Kier molecular flexibility index (Phi) is 6.95. The lowest BCUT2D eigenvalue weighted by Crippen LogP contribution is -2.47. The van der Waals surface area contributed by atoms with Crippen LogP contribution < -0.4 is 0 Å². The van der Waals surface area contributed by atoms with Crippen LogP contribution in [0.25, 0.3) is 22.3 Å². The molecule has 7 rings (SSSR count). The predicted molar refractivity (Wildman–Crippen MR) is 161 cm³/mol. The molecule has 214 valence electrons. The fraction of sp³-hybridized carbons (Fsp3) is 0.344. The van der Waals surface area contributed by atoms with Crippen LogP contribution in [-0.2, 0) is 16.6 Å². The van der Waals surface area contributed by atoms with Crippen LogP contribution in [0.3, 0.4) is 0 Å². The number of thiazole rings is 1. The van der Waals surface area contributed by atoms with Gasteiger partial charge in [-0.05, 0) is 29.0 Å². The molecule has 0 saturated carbocycles. The second-order valence-corrected chi connectivity index (χ2v) is 12.2. The molecule has 10 heteroatoms. The summed E-state index contributed by atoms with van der Waals surface area (Å²) in [5, 5.41) is 6.61. The second kappa shape index (κ2) is 10.9. The zero-order chi connectivity index (χ0) is 28.7. The van der Waals surface area contributed by atoms with E-state index in [4.69, 9.17) is 9.73 Å². The number of ether oxygens (including phenoxy) is 1. The summed E-state index contributed by atoms with van der Waals surface area (Å²) < 4.78 is 7.40. The van der Waals surface area contributed by atoms with Gasteiger partial charge in [0, 0.05) is 81.6 Å². The molecule has 0 radical (unpaired) electrons. The monoisotopic (exact) mass is 580 g/mol. The van der Waals surface area contributed by atoms with Crippen LogP contribution in [0.5, 0.6) is 0 Å². The molecule has 0 bridgehead atoms. The lowest BCUT2D eigenvalue weighted by Gasteiger charge is -2.30. The molecule has 1 unspecified atom stereocenters. The van der Waals surface area contributed by atoms with Gasteiger partial charge in [0.1, 0.15) is 11.4 Å². The number of aryl methyl sites for hydroxylation is 1. The summed E-state index contributed by atoms with van der Waals surface area (Å²) in [6.45, 7) is 2.89. The van der Waals surface area contributed by atoms with E-state index in [1.165, 1.54) is 11.3 Å². The number of likely N-dealkylation sites (tertiary alicyclic amines) is 1. The minimum Gasteiger partial charge on any atom is -0.381 e. The van der Waals surface area contributed by atoms with E-state index < -0.39 is 5.54 Å². The molecule has 9 nitrogen and oxygen atoms in total. The van der Waals surface area contributed by atoms with Crippen LogP contribution in [0.15, 0.2) is 77.5 Å². The Morgan fingerprint density at radius 3 is 2.29 bits per heavy atom. The molecule has 1 atom stereocenters. The summed E-state index contributed by atoms with van der Waals surface area (Å²) >= 11 is 1.36. The molecule has 2 aromatic carbocycles. The summed E-state index contributed by atoms with van der Waals surface area (Å²) in [6.07, 6.45) is 7.56. The highest BCUT2D eigenvalue weighted by molar-refractivity contribution is 7.11. The third-order valence-electron chi connectivity index (χ3n) is 8.57. The third-order valence-corrected chi connectivity index (χ3v) is 9.33. The van der Waals surface area contributed by atoms with E-state index in [0.29, 0.717) is 50.7 Å². The van der Waals surface area contributed by atoms with E-state index >= 15 is 0 Å². The summed E-state index contributed by atoms with van der Waals surface area (Å²) in [6, 6.07) is 16.8. The van der Waals surface area contributed by atoms with Crippen LogP contribution in [0.2, 0.25) is 0 Å². The lowest BCUT2D eigenvalue weighted by molar-refractivity contribution is -0.134. The van der Waals surface area contributed by atoms with Crippen molar-refractivity contribution in [2.45, 2.75) is 24.8 Å². The zero-order valence-electron chi connectivity index (χ0n) is 23.5. The number of amidine groups is 1. The van der Waals surface area contributed by atoms with Crippen molar-refractivity contribution in [2.24, 2.45) is 18.0 Å². The standard InChI is InChI=1S/C32H32N6O3S/c1-36-21-27(18-34-36)25-4-2-23(3-5-25)24-6-8-26(9-7-24)28-35-32(11-15-41-16-12-32)31(40)38(28)20-22-10-14-37(19-22)30(39)29-33-13-17-42-29/h2-9,13,17-18,21-22H,10-12,14-16,19-20H2,1H3. The number of aromatic nitrogens is 3. The molecular formula is C32H32N6O3S. The van der Waals surface area contributed by atoms with Crippen molar-refractivity contribution in [3.05, 3.63) is 83.1 Å². The zero-order valence-corrected chi connectivity index (χ0v) is 24.3. The van der Waals surface area contributed by atoms with E-state index in [9.17, 15) is 9.59 Å². The maximum atomic E-state index is 14.0. The van der Waals surface area contributed by atoms with Crippen molar-refractivity contribution in [3.63, 3.8) is 0 Å². The topological polar surface area (TPSA) is 92.9 Å². The van der Waals surface area contributed by atoms with Crippen LogP contribution in [0.4, 0.5) is 0 Å². The molecular weight excluding hydrogens is 548 g/mol. The molecule has 2 aromatic heterocycles. The molecule has 4 aromatic rings. The minimum absolute atomic E-state index is 0.0286. The Labute approximate surface area is 248 Å². The second-order valence-electron chi connectivity index (χ2n) is 11.3. The number of amides is 2. The summed E-state index contributed by atoms with van der Waals surface area (Å²) in [5.41, 5.74) is 4.59. The maximum absolute atomic E-state index is 14.0. The molecule has 3 aliphatic heterocycles. The number of rotatable bonds is 6. The first kappa shape index (κ1) is 26.7. The normalized spacial score (nSPS) is 20.0. The smallest absolute Gasteiger partial charge is 0.282 e. The number of carbonyl (C=O) groups excluding carboxylic acids is 2. The molecule has 2 fully saturated rings. The average Bonchev–Trinajstić information content (AvgIpc) is 3.84. The molecule has 5 heterocycles. The van der Waals surface area contributed by atoms with Gasteiger partial charge in [0.2, 0.25) is 0 Å². The Hall–Kier alpha value is -4.15. The van der Waals surface area contributed by atoms with E-state index in [2.05, 4.69) is 58.6 Å². The largest absolute Gasteiger partial charge is 0.381 e. The van der Waals surface area contributed by atoms with E-state index in [1.807, 2.05) is 34.6 Å². The SMILES string of the molecule is Cn1cc(-c2ccc(-c3ccc(C4=NC5(CCOCC5)C(=O)N4CC4CCN(C(=O)c5nccs5)C4)cc3)cc2)cn1. The number of carbonyl (C=O) groups is 2. The fourth-order valence-electron chi connectivity index (χ4n) is 6.21. The number of benzene rings is 2. The van der Waals surface area contributed by atoms with Gasteiger partial charge >= 0.3 is 0 Å². The van der Waals surface area contributed by atoms with Crippen LogP contribution in [0, 0.1) is 5.92 Å². The first-order valence-corrected chi connectivity index (χ1v) is 15.3. The van der Waals surface area contributed by atoms with Gasteiger partial charge in [0.15, 0.2) is 5.01 Å². The molecule has 2 saturated heterocycles. The quantitative estimate of drug-likeness (QED) is 0.335. The Morgan fingerprint density at radius 1 is 1.00 bits per heavy atom. The highest BCUT2D eigenvalue weighted by Gasteiger charge is 2.50. The summed E-state index contributed by atoms with van der Waals surface area (Å²) in [4.78, 5) is 39.9. The van der Waals surface area contributed by atoms with Crippen LogP contribution in [0.1, 0.15) is 34.6 Å². The average molecular weight is 581 g/mol. The van der Waals surface area contributed by atoms with Crippen molar-refractivity contribution < 1.29 is 14.3 Å². The van der Waals surface area contributed by atoms with Gasteiger partial charge in [-0.3, -0.25) is 24.2 Å². The van der Waals surface area contributed by atoms with Gasteiger partial charge in [-0.25, -0.2) is 4.98 Å². The summed E-state index contributed by atoms with van der Waals surface area (Å²) in [7, 11) is 1.92. The van der Waals surface area contributed by atoms with Crippen molar-refractivity contribution in [1.82, 2.24) is 24.6 Å². The Bertz CT molecular complexity index is 1620. The minimum atomic E-state index is -0.761. The maximum Gasteiger partial charge on any atom is 0.282 e. The van der Waals surface area contributed by atoms with Gasteiger partial charge < -0.3 is 9.64 Å². The molecule has 42 heavy (non-hydrogen) atoms. The van der Waals surface area contributed by atoms with Crippen molar-refractivity contribution >= 4 is 29.0 Å². The molecule has 0 aliphatic carbocycles. The van der Waals surface area contributed by atoms with Crippen molar-refractivity contribution in [1.29, 1.82) is 0 Å². The van der Waals surface area contributed by atoms with Crippen molar-refractivity contribution in [3.8, 4) is 22.3 Å². The van der Waals surface area contributed by atoms with Gasteiger partial charge in [-0.1, -0.05) is 48.5 Å². The number of hydrogen-bond acceptors (Lipinski definition) is 7. The summed E-state index contributed by atoms with van der Waals surface area (Å²) in [5.74, 6) is 0.931. The van der Waals surface area contributed by atoms with E-state index in [-0.39, 0.29) is 17.7 Å². The molecule has 0 N–H and O–H groups in total. The van der Waals surface area contributed by atoms with Crippen molar-refractivity contribution in [2.75, 3.05) is 32.8 Å².